The van der Waals surface area contributed by atoms with Gasteiger partial charge in [-0.3, -0.25) is 0 Å². The summed E-state index contributed by atoms with van der Waals surface area (Å²) in [5, 5.41) is 0. The Morgan fingerprint density at radius 1 is 0.357 bits per heavy atom. The Balaban J connectivity index is 1.07. The minimum Gasteiger partial charge on any atom is -0.423 e. The van der Waals surface area contributed by atoms with Gasteiger partial charge < -0.3 is 18.9 Å². The largest absolute Gasteiger partial charge is 0.423 e. The lowest BCUT2D eigenvalue weighted by Gasteiger charge is -2.09. The molecule has 0 spiro atoms. The zero-order valence-corrected chi connectivity index (χ0v) is 32.3. The molecule has 8 heteroatoms. The monoisotopic (exact) mass is 754 g/mol. The van der Waals surface area contributed by atoms with Crippen LogP contribution in [0.3, 0.4) is 0 Å². The standard InChI is InChI=1S/C48H50O8/c1-3-5-7-9-11-14-35-18-26-41(27-19-35)53-45(49)37-22-30-43(31-23-37)55-47(51)39-16-13-17-40(34-39)48(52)56-44-32-24-38(25-33-44)46(50)54-42-28-20-36(21-29-42)15-12-10-8-6-4-2/h13,16-34H,3-12,14-15H2,1-2H3. The second kappa shape index (κ2) is 21.8. The molecule has 0 saturated carbocycles. The summed E-state index contributed by atoms with van der Waals surface area (Å²) >= 11 is 0. The normalized spacial score (nSPS) is 10.8. The molecule has 0 radical (unpaired) electrons. The summed E-state index contributed by atoms with van der Waals surface area (Å²) < 4.78 is 22.1. The van der Waals surface area contributed by atoms with E-state index in [1.165, 1.54) is 129 Å². The molecule has 56 heavy (non-hydrogen) atoms. The summed E-state index contributed by atoms with van der Waals surface area (Å²) in [6.45, 7) is 4.41. The Hall–Kier alpha value is -6.02. The molecular weight excluding hydrogens is 705 g/mol. The van der Waals surface area contributed by atoms with Gasteiger partial charge in [-0.15, -0.1) is 0 Å². The lowest BCUT2D eigenvalue weighted by Crippen LogP contribution is -2.13. The maximum absolute atomic E-state index is 13.0. The summed E-state index contributed by atoms with van der Waals surface area (Å²) in [5.74, 6) is -1.11. The third-order valence-electron chi connectivity index (χ3n) is 9.34. The molecule has 5 aromatic carbocycles. The molecule has 5 aromatic rings. The number of ether oxygens (including phenoxy) is 4. The van der Waals surface area contributed by atoms with Gasteiger partial charge in [0.1, 0.15) is 23.0 Å². The molecule has 0 bridgehead atoms. The zero-order valence-electron chi connectivity index (χ0n) is 32.3. The number of carbonyl (C=O) groups is 4. The van der Waals surface area contributed by atoms with E-state index in [1.54, 1.807) is 30.3 Å². The maximum atomic E-state index is 13.0. The topological polar surface area (TPSA) is 105 Å². The predicted molar refractivity (Wildman–Crippen MR) is 217 cm³/mol. The van der Waals surface area contributed by atoms with Crippen LogP contribution in [0.25, 0.3) is 0 Å². The van der Waals surface area contributed by atoms with Gasteiger partial charge in [-0.25, -0.2) is 19.2 Å². The van der Waals surface area contributed by atoms with Crippen molar-refractivity contribution in [2.75, 3.05) is 0 Å². The van der Waals surface area contributed by atoms with E-state index in [1.807, 2.05) is 24.3 Å². The Bertz CT molecular complexity index is 1870. The van der Waals surface area contributed by atoms with Crippen LogP contribution in [0.1, 0.15) is 131 Å². The highest BCUT2D eigenvalue weighted by Gasteiger charge is 2.16. The molecule has 0 N–H and O–H groups in total. The lowest BCUT2D eigenvalue weighted by atomic mass is 10.1. The van der Waals surface area contributed by atoms with Crippen LogP contribution in [0.5, 0.6) is 23.0 Å². The lowest BCUT2D eigenvalue weighted by molar-refractivity contribution is 0.0723. The Morgan fingerprint density at radius 2 is 0.661 bits per heavy atom. The van der Waals surface area contributed by atoms with Crippen molar-refractivity contribution in [1.29, 1.82) is 0 Å². The molecule has 0 atom stereocenters. The average Bonchev–Trinajstić information content (AvgIpc) is 3.22. The van der Waals surface area contributed by atoms with Crippen LogP contribution in [-0.2, 0) is 12.8 Å². The van der Waals surface area contributed by atoms with E-state index in [9.17, 15) is 19.2 Å². The molecular formula is C48H50O8. The highest BCUT2D eigenvalue weighted by atomic mass is 16.5. The van der Waals surface area contributed by atoms with Crippen molar-refractivity contribution in [2.45, 2.75) is 90.9 Å². The summed E-state index contributed by atoms with van der Waals surface area (Å²) in [5.41, 5.74) is 3.28. The summed E-state index contributed by atoms with van der Waals surface area (Å²) in [4.78, 5) is 51.4. The molecule has 8 nitrogen and oxygen atoms in total. The second-order valence-corrected chi connectivity index (χ2v) is 13.8. The van der Waals surface area contributed by atoms with E-state index in [0.717, 1.165) is 25.7 Å². The number of benzene rings is 5. The fraction of sp³-hybridized carbons (Fsp3) is 0.292. The van der Waals surface area contributed by atoms with Crippen LogP contribution in [-0.4, -0.2) is 23.9 Å². The van der Waals surface area contributed by atoms with Gasteiger partial charge in [0.2, 0.25) is 0 Å². The van der Waals surface area contributed by atoms with Crippen molar-refractivity contribution in [1.82, 2.24) is 0 Å². The van der Waals surface area contributed by atoms with Crippen molar-refractivity contribution < 1.29 is 38.1 Å². The number of carbonyl (C=O) groups excluding carboxylic acids is 4. The number of hydrogen-bond donors (Lipinski definition) is 0. The van der Waals surface area contributed by atoms with Crippen LogP contribution in [0.4, 0.5) is 0 Å². The first-order valence-corrected chi connectivity index (χ1v) is 19.7. The van der Waals surface area contributed by atoms with Crippen molar-refractivity contribution in [3.8, 4) is 23.0 Å². The second-order valence-electron chi connectivity index (χ2n) is 13.8. The van der Waals surface area contributed by atoms with Crippen LogP contribution >= 0.6 is 0 Å². The molecule has 0 amide bonds. The van der Waals surface area contributed by atoms with Crippen LogP contribution < -0.4 is 18.9 Å². The summed E-state index contributed by atoms with van der Waals surface area (Å²) in [6.07, 6.45) is 14.2. The summed E-state index contributed by atoms with van der Waals surface area (Å²) in [7, 11) is 0. The molecule has 0 fully saturated rings. The van der Waals surface area contributed by atoms with Gasteiger partial charge in [0, 0.05) is 0 Å². The minimum absolute atomic E-state index is 0.130. The van der Waals surface area contributed by atoms with E-state index < -0.39 is 23.9 Å². The van der Waals surface area contributed by atoms with Gasteiger partial charge in [0.15, 0.2) is 0 Å². The quantitative estimate of drug-likeness (QED) is 0.0439. The number of hydrogen-bond acceptors (Lipinski definition) is 8. The number of esters is 4. The Kier molecular flexibility index (Phi) is 16.0. The van der Waals surface area contributed by atoms with Gasteiger partial charge in [0.25, 0.3) is 0 Å². The highest BCUT2D eigenvalue weighted by Crippen LogP contribution is 2.22. The van der Waals surface area contributed by atoms with E-state index in [-0.39, 0.29) is 22.6 Å². The molecule has 290 valence electrons. The fourth-order valence-corrected chi connectivity index (χ4v) is 6.07. The Labute approximate surface area is 329 Å². The third-order valence-corrected chi connectivity index (χ3v) is 9.34. The first-order chi connectivity index (χ1) is 27.3. The highest BCUT2D eigenvalue weighted by molar-refractivity contribution is 5.97. The van der Waals surface area contributed by atoms with Gasteiger partial charge in [-0.05, 0) is 128 Å². The molecule has 5 rings (SSSR count). The molecule has 0 aliphatic carbocycles. The van der Waals surface area contributed by atoms with Gasteiger partial charge in [-0.2, -0.15) is 0 Å². The van der Waals surface area contributed by atoms with E-state index in [2.05, 4.69) is 13.8 Å². The predicted octanol–water partition coefficient (Wildman–Crippen LogP) is 11.6. The first kappa shape index (κ1) is 41.1. The maximum Gasteiger partial charge on any atom is 0.343 e. The molecule has 0 heterocycles. The van der Waals surface area contributed by atoms with Crippen molar-refractivity contribution in [2.24, 2.45) is 0 Å². The SMILES string of the molecule is CCCCCCCc1ccc(OC(=O)c2ccc(OC(=O)c3cccc(C(=O)Oc4ccc(C(=O)Oc5ccc(CCCCCCC)cc5)cc4)c3)cc2)cc1. The number of aryl methyl sites for hydroxylation is 2. The van der Waals surface area contributed by atoms with Crippen molar-refractivity contribution >= 4 is 23.9 Å². The van der Waals surface area contributed by atoms with E-state index in [0.29, 0.717) is 22.6 Å². The number of rotatable bonds is 20. The van der Waals surface area contributed by atoms with Gasteiger partial charge in [-0.1, -0.05) is 95.5 Å². The molecule has 0 unspecified atom stereocenters. The van der Waals surface area contributed by atoms with Crippen LogP contribution in [0.15, 0.2) is 121 Å². The molecule has 0 aromatic heterocycles. The Morgan fingerprint density at radius 3 is 1.00 bits per heavy atom. The number of unbranched alkanes of at least 4 members (excludes halogenated alkanes) is 8. The van der Waals surface area contributed by atoms with Crippen molar-refractivity contribution in [3.05, 3.63) is 155 Å². The van der Waals surface area contributed by atoms with Crippen molar-refractivity contribution in [3.63, 3.8) is 0 Å². The summed E-state index contributed by atoms with van der Waals surface area (Å²) in [6, 6.07) is 33.1. The smallest absolute Gasteiger partial charge is 0.343 e. The molecule has 0 saturated heterocycles. The average molecular weight is 755 g/mol. The van der Waals surface area contributed by atoms with E-state index >= 15 is 0 Å². The van der Waals surface area contributed by atoms with Gasteiger partial charge in [0.05, 0.1) is 22.3 Å². The van der Waals surface area contributed by atoms with Gasteiger partial charge >= 0.3 is 23.9 Å². The molecule has 0 aliphatic rings. The first-order valence-electron chi connectivity index (χ1n) is 19.7. The molecule has 0 aliphatic heterocycles. The van der Waals surface area contributed by atoms with E-state index in [4.69, 9.17) is 18.9 Å². The minimum atomic E-state index is -0.694. The van der Waals surface area contributed by atoms with Crippen LogP contribution in [0, 0.1) is 0 Å². The zero-order chi connectivity index (χ0) is 39.5. The fourth-order valence-electron chi connectivity index (χ4n) is 6.07. The third kappa shape index (κ3) is 13.1. The van der Waals surface area contributed by atoms with Crippen LogP contribution in [0.2, 0.25) is 0 Å².